The Morgan fingerprint density at radius 3 is 3.00 bits per heavy atom. The zero-order chi connectivity index (χ0) is 8.55. The van der Waals surface area contributed by atoms with Crippen molar-refractivity contribution in [3.05, 3.63) is 17.7 Å². The van der Waals surface area contributed by atoms with E-state index in [0.29, 0.717) is 12.5 Å². The first-order valence-electron chi connectivity index (χ1n) is 4.19. The summed E-state index contributed by atoms with van der Waals surface area (Å²) in [6.45, 7) is 2.66. The zero-order valence-electron chi connectivity index (χ0n) is 7.07. The molecule has 4 nitrogen and oxygen atoms in total. The van der Waals surface area contributed by atoms with Crippen LogP contribution in [0.2, 0.25) is 0 Å². The van der Waals surface area contributed by atoms with Crippen molar-refractivity contribution in [2.45, 2.75) is 25.8 Å². The van der Waals surface area contributed by atoms with Crippen molar-refractivity contribution in [2.24, 2.45) is 11.7 Å². The predicted molar refractivity (Wildman–Crippen MR) is 44.2 cm³/mol. The Kier molecular flexibility index (Phi) is 1.77. The van der Waals surface area contributed by atoms with Crippen molar-refractivity contribution in [1.29, 1.82) is 0 Å². The number of nitrogens with zero attached hydrogens (tertiary/aromatic N) is 3. The average Bonchev–Trinajstić information content (AvgIpc) is 2.83. The minimum Gasteiger partial charge on any atom is -0.325 e. The number of nitrogens with two attached hydrogens (primary N) is 1. The van der Waals surface area contributed by atoms with E-state index in [4.69, 9.17) is 5.73 Å². The van der Waals surface area contributed by atoms with Gasteiger partial charge in [-0.1, -0.05) is 6.92 Å². The molecule has 4 heteroatoms. The minimum atomic E-state index is 0.444. The number of hydrogen-bond acceptors (Lipinski definition) is 4. The normalized spacial score (nSPS) is 27.2. The smallest absolute Gasteiger partial charge is 0.138 e. The lowest BCUT2D eigenvalue weighted by Gasteiger charge is -2.01. The fourth-order valence-electron chi connectivity index (χ4n) is 1.47. The van der Waals surface area contributed by atoms with E-state index in [2.05, 4.69) is 22.1 Å². The summed E-state index contributed by atoms with van der Waals surface area (Å²) in [6, 6.07) is 0. The van der Waals surface area contributed by atoms with Crippen molar-refractivity contribution in [1.82, 2.24) is 15.2 Å². The van der Waals surface area contributed by atoms with Gasteiger partial charge < -0.3 is 5.73 Å². The van der Waals surface area contributed by atoms with Crippen LogP contribution in [-0.2, 0) is 6.54 Å². The van der Waals surface area contributed by atoms with Gasteiger partial charge in [0.15, 0.2) is 0 Å². The van der Waals surface area contributed by atoms with Crippen LogP contribution in [0.25, 0.3) is 0 Å². The predicted octanol–water partition coefficient (Wildman–Crippen LogP) is 0.454. The first-order valence-corrected chi connectivity index (χ1v) is 4.19. The van der Waals surface area contributed by atoms with Gasteiger partial charge in [0, 0.05) is 12.5 Å². The summed E-state index contributed by atoms with van der Waals surface area (Å²) in [5, 5.41) is 7.67. The Hall–Kier alpha value is -1.03. The Bertz CT molecular complexity index is 286. The average molecular weight is 164 g/mol. The topological polar surface area (TPSA) is 64.7 Å². The molecule has 1 saturated carbocycles. The summed E-state index contributed by atoms with van der Waals surface area (Å²) < 4.78 is 0. The van der Waals surface area contributed by atoms with Gasteiger partial charge in [0.2, 0.25) is 0 Å². The highest BCUT2D eigenvalue weighted by Gasteiger charge is 2.37. The molecule has 0 radical (unpaired) electrons. The van der Waals surface area contributed by atoms with Gasteiger partial charge in [-0.25, -0.2) is 4.98 Å². The summed E-state index contributed by atoms with van der Waals surface area (Å²) in [4.78, 5) is 4.21. The van der Waals surface area contributed by atoms with Crippen LogP contribution >= 0.6 is 0 Å². The molecular formula is C8H12N4. The molecule has 1 fully saturated rings. The van der Waals surface area contributed by atoms with E-state index in [0.717, 1.165) is 17.3 Å². The molecule has 2 atom stereocenters. The molecule has 2 rings (SSSR count). The van der Waals surface area contributed by atoms with Crippen molar-refractivity contribution >= 4 is 0 Å². The maximum absolute atomic E-state index is 5.52. The highest BCUT2D eigenvalue weighted by Crippen LogP contribution is 2.46. The summed E-state index contributed by atoms with van der Waals surface area (Å²) in [7, 11) is 0. The van der Waals surface area contributed by atoms with Crippen LogP contribution in [0.4, 0.5) is 0 Å². The lowest BCUT2D eigenvalue weighted by Crippen LogP contribution is -2.07. The van der Waals surface area contributed by atoms with Gasteiger partial charge in [0.1, 0.15) is 6.33 Å². The summed E-state index contributed by atoms with van der Waals surface area (Å²) in [5.41, 5.74) is 7.43. The molecule has 0 spiro atoms. The second kappa shape index (κ2) is 2.79. The lowest BCUT2D eigenvalue weighted by atomic mass is 10.2. The number of aromatic nitrogens is 3. The molecule has 1 aromatic rings. The molecule has 0 aromatic carbocycles. The molecule has 64 valence electrons. The molecule has 2 N–H and O–H groups in total. The largest absolute Gasteiger partial charge is 0.325 e. The van der Waals surface area contributed by atoms with Crippen molar-refractivity contribution in [2.75, 3.05) is 0 Å². The quantitative estimate of drug-likeness (QED) is 0.689. The first kappa shape index (κ1) is 7.61. The maximum atomic E-state index is 5.52. The summed E-state index contributed by atoms with van der Waals surface area (Å²) in [6.07, 6.45) is 2.71. The fourth-order valence-corrected chi connectivity index (χ4v) is 1.47. The zero-order valence-corrected chi connectivity index (χ0v) is 7.07. The van der Waals surface area contributed by atoms with Crippen LogP contribution in [0.15, 0.2) is 6.33 Å². The van der Waals surface area contributed by atoms with Crippen LogP contribution in [0, 0.1) is 5.92 Å². The number of hydrogen-bond donors (Lipinski definition) is 1. The Morgan fingerprint density at radius 1 is 1.67 bits per heavy atom. The Morgan fingerprint density at radius 2 is 2.42 bits per heavy atom. The van der Waals surface area contributed by atoms with E-state index in [9.17, 15) is 0 Å². The summed E-state index contributed by atoms with van der Waals surface area (Å²) >= 11 is 0. The molecular weight excluding hydrogens is 152 g/mol. The fraction of sp³-hybridized carbons (Fsp3) is 0.625. The number of rotatable bonds is 2. The second-order valence-electron chi connectivity index (χ2n) is 3.32. The van der Waals surface area contributed by atoms with E-state index in [1.807, 2.05) is 0 Å². The molecule has 0 unspecified atom stereocenters. The molecule has 1 heterocycles. The SMILES string of the molecule is C[C@H]1C[C@H]1c1ncnnc1CN. The maximum Gasteiger partial charge on any atom is 0.138 e. The van der Waals surface area contributed by atoms with Gasteiger partial charge >= 0.3 is 0 Å². The first-order chi connectivity index (χ1) is 5.83. The Labute approximate surface area is 71.2 Å². The van der Waals surface area contributed by atoms with Gasteiger partial charge in [-0.05, 0) is 12.3 Å². The molecule has 1 aromatic heterocycles. The van der Waals surface area contributed by atoms with Crippen LogP contribution in [0.1, 0.15) is 30.7 Å². The van der Waals surface area contributed by atoms with Crippen molar-refractivity contribution < 1.29 is 0 Å². The van der Waals surface area contributed by atoms with Gasteiger partial charge in [0.25, 0.3) is 0 Å². The van der Waals surface area contributed by atoms with Crippen molar-refractivity contribution in [3.8, 4) is 0 Å². The Balaban J connectivity index is 2.29. The highest BCUT2D eigenvalue weighted by molar-refractivity contribution is 5.20. The van der Waals surface area contributed by atoms with Gasteiger partial charge in [-0.15, -0.1) is 5.10 Å². The van der Waals surface area contributed by atoms with E-state index in [-0.39, 0.29) is 0 Å². The van der Waals surface area contributed by atoms with E-state index < -0.39 is 0 Å². The van der Waals surface area contributed by atoms with E-state index in [1.54, 1.807) is 0 Å². The van der Waals surface area contributed by atoms with Crippen molar-refractivity contribution in [3.63, 3.8) is 0 Å². The third-order valence-corrected chi connectivity index (χ3v) is 2.38. The monoisotopic (exact) mass is 164 g/mol. The lowest BCUT2D eigenvalue weighted by molar-refractivity contribution is 0.780. The van der Waals surface area contributed by atoms with Gasteiger partial charge in [-0.2, -0.15) is 5.10 Å². The second-order valence-corrected chi connectivity index (χ2v) is 3.32. The molecule has 0 saturated heterocycles. The molecule has 0 amide bonds. The van der Waals surface area contributed by atoms with E-state index >= 15 is 0 Å². The standard InChI is InChI=1S/C8H12N4/c1-5-2-6(5)8-7(3-9)12-11-4-10-8/h4-6H,2-3,9H2,1H3/t5-,6+/m0/s1. The van der Waals surface area contributed by atoms with Crippen LogP contribution < -0.4 is 5.73 Å². The summed E-state index contributed by atoms with van der Waals surface area (Å²) in [5.74, 6) is 1.33. The van der Waals surface area contributed by atoms with Crippen LogP contribution in [-0.4, -0.2) is 15.2 Å². The third kappa shape index (κ3) is 1.18. The third-order valence-electron chi connectivity index (χ3n) is 2.38. The molecule has 0 aliphatic heterocycles. The molecule has 0 bridgehead atoms. The van der Waals surface area contributed by atoms with Crippen LogP contribution in [0.5, 0.6) is 0 Å². The van der Waals surface area contributed by atoms with Gasteiger partial charge in [-0.3, -0.25) is 0 Å². The molecule has 1 aliphatic carbocycles. The van der Waals surface area contributed by atoms with Gasteiger partial charge in [0.05, 0.1) is 11.4 Å². The highest BCUT2D eigenvalue weighted by atomic mass is 15.1. The molecule has 12 heavy (non-hydrogen) atoms. The van der Waals surface area contributed by atoms with E-state index in [1.165, 1.54) is 12.7 Å². The molecule has 1 aliphatic rings. The van der Waals surface area contributed by atoms with Crippen LogP contribution in [0.3, 0.4) is 0 Å². The minimum absolute atomic E-state index is 0.444.